The zero-order chi connectivity index (χ0) is 21.3. The van der Waals surface area contributed by atoms with Crippen LogP contribution in [-0.2, 0) is 9.53 Å². The fourth-order valence-electron chi connectivity index (χ4n) is 5.45. The Bertz CT molecular complexity index is 596. The molecule has 0 aromatic rings. The molecule has 5 heteroatoms. The molecule has 0 aromatic heterocycles. The lowest BCUT2D eigenvalue weighted by Crippen LogP contribution is -2.38. The summed E-state index contributed by atoms with van der Waals surface area (Å²) in [5, 5.41) is 20.7. The van der Waals surface area contributed by atoms with E-state index in [1.165, 1.54) is 12.0 Å². The Labute approximate surface area is 182 Å². The molecule has 1 saturated heterocycles. The van der Waals surface area contributed by atoms with Gasteiger partial charge in [0.05, 0.1) is 18.8 Å². The van der Waals surface area contributed by atoms with E-state index in [0.717, 1.165) is 70.9 Å². The Balaban J connectivity index is 1.41. The minimum atomic E-state index is -0.398. The van der Waals surface area contributed by atoms with Gasteiger partial charge in [0, 0.05) is 19.0 Å². The number of piperidine rings is 1. The molecule has 170 valence electrons. The van der Waals surface area contributed by atoms with E-state index in [1.807, 2.05) is 11.0 Å². The molecule has 0 unspecified atom stereocenters. The molecule has 5 nitrogen and oxygen atoms in total. The number of hydrogen-bond acceptors (Lipinski definition) is 4. The van der Waals surface area contributed by atoms with Crippen molar-refractivity contribution in [3.05, 3.63) is 23.8 Å². The van der Waals surface area contributed by atoms with E-state index in [9.17, 15) is 15.0 Å². The van der Waals surface area contributed by atoms with E-state index in [0.29, 0.717) is 18.4 Å². The van der Waals surface area contributed by atoms with Crippen LogP contribution in [0.4, 0.5) is 0 Å². The maximum atomic E-state index is 12.2. The van der Waals surface area contributed by atoms with Crippen molar-refractivity contribution in [1.82, 2.24) is 4.90 Å². The van der Waals surface area contributed by atoms with Gasteiger partial charge in [0.1, 0.15) is 6.61 Å². The molecule has 1 aliphatic heterocycles. The third kappa shape index (κ3) is 6.66. The molecule has 0 bridgehead atoms. The summed E-state index contributed by atoms with van der Waals surface area (Å²) >= 11 is 0. The molecule has 3 fully saturated rings. The number of nitrogens with zero attached hydrogens (tertiary/aromatic N) is 1. The zero-order valence-electron chi connectivity index (χ0n) is 18.7. The molecule has 0 aromatic carbocycles. The Hall–Kier alpha value is -1.17. The van der Waals surface area contributed by atoms with Gasteiger partial charge in [0.25, 0.3) is 0 Å². The first kappa shape index (κ1) is 23.5. The molecule has 1 amide bonds. The van der Waals surface area contributed by atoms with Crippen LogP contribution in [0.3, 0.4) is 0 Å². The highest BCUT2D eigenvalue weighted by molar-refractivity contribution is 5.77. The number of carbonyl (C=O) groups is 1. The predicted molar refractivity (Wildman–Crippen MR) is 119 cm³/mol. The van der Waals surface area contributed by atoms with Crippen molar-refractivity contribution in [3.8, 4) is 0 Å². The van der Waals surface area contributed by atoms with Gasteiger partial charge in [-0.05, 0) is 56.8 Å². The van der Waals surface area contributed by atoms with Crippen molar-refractivity contribution >= 4 is 5.91 Å². The molecule has 5 atom stereocenters. The average molecular weight is 420 g/mol. The maximum Gasteiger partial charge on any atom is 0.248 e. The van der Waals surface area contributed by atoms with Crippen molar-refractivity contribution < 1.29 is 19.7 Å². The number of carbonyl (C=O) groups excluding carboxylic acids is 1. The molecule has 0 radical (unpaired) electrons. The lowest BCUT2D eigenvalue weighted by atomic mass is 9.90. The number of aliphatic hydroxyl groups is 2. The lowest BCUT2D eigenvalue weighted by molar-refractivity contribution is -0.136. The number of unbranched alkanes of at least 4 members (excludes halogenated alkanes) is 2. The number of allylic oxidation sites excluding steroid dienone is 1. The summed E-state index contributed by atoms with van der Waals surface area (Å²) in [5.74, 6) is 1.24. The summed E-state index contributed by atoms with van der Waals surface area (Å²) < 4.78 is 5.64. The van der Waals surface area contributed by atoms with Crippen LogP contribution in [0.25, 0.3) is 0 Å². The van der Waals surface area contributed by atoms with Gasteiger partial charge in [0.15, 0.2) is 0 Å². The standard InChI is InChI=1S/C25H41NO4/c1-2-3-5-8-21(27)9-10-22-23-16-19(15-20(23)17-24(22)28)11-14-30-18-25(29)26-12-6-4-7-13-26/h9-11,20-24,27-28H,2-8,12-18H2,1H3/t20-,21-,22+,23-,24+/m0/s1. The predicted octanol–water partition coefficient (Wildman–Crippen LogP) is 3.85. The van der Waals surface area contributed by atoms with Gasteiger partial charge in [-0.25, -0.2) is 0 Å². The van der Waals surface area contributed by atoms with Crippen LogP contribution in [-0.4, -0.2) is 59.5 Å². The number of fused-ring (bicyclic) bond motifs is 1. The molecule has 3 rings (SSSR count). The number of ether oxygens (including phenoxy) is 1. The molecule has 2 N–H and O–H groups in total. The summed E-state index contributed by atoms with van der Waals surface area (Å²) in [4.78, 5) is 14.1. The molecule has 2 aliphatic carbocycles. The lowest BCUT2D eigenvalue weighted by Gasteiger charge is -2.26. The largest absolute Gasteiger partial charge is 0.392 e. The highest BCUT2D eigenvalue weighted by Crippen LogP contribution is 2.50. The molecular weight excluding hydrogens is 378 g/mol. The van der Waals surface area contributed by atoms with Gasteiger partial charge in [-0.15, -0.1) is 0 Å². The topological polar surface area (TPSA) is 70.0 Å². The third-order valence-electron chi connectivity index (χ3n) is 7.19. The van der Waals surface area contributed by atoms with Gasteiger partial charge in [-0.3, -0.25) is 4.79 Å². The number of hydrogen-bond donors (Lipinski definition) is 2. The highest BCUT2D eigenvalue weighted by atomic mass is 16.5. The Kier molecular flexibility index (Phi) is 9.41. The van der Waals surface area contributed by atoms with Crippen molar-refractivity contribution in [2.24, 2.45) is 17.8 Å². The van der Waals surface area contributed by atoms with Crippen molar-refractivity contribution in [1.29, 1.82) is 0 Å². The monoisotopic (exact) mass is 419 g/mol. The quantitative estimate of drug-likeness (QED) is 0.417. The fraction of sp³-hybridized carbons (Fsp3) is 0.800. The Morgan fingerprint density at radius 1 is 1.23 bits per heavy atom. The van der Waals surface area contributed by atoms with E-state index in [-0.39, 0.29) is 24.5 Å². The summed E-state index contributed by atoms with van der Waals surface area (Å²) in [6.45, 7) is 4.58. The minimum Gasteiger partial charge on any atom is -0.392 e. The Morgan fingerprint density at radius 2 is 2.03 bits per heavy atom. The first-order chi connectivity index (χ1) is 14.6. The second-order valence-electron chi connectivity index (χ2n) is 9.48. The first-order valence-electron chi connectivity index (χ1n) is 12.2. The number of rotatable bonds is 10. The van der Waals surface area contributed by atoms with Crippen LogP contribution in [0.15, 0.2) is 23.8 Å². The summed E-state index contributed by atoms with van der Waals surface area (Å²) in [5.41, 5.74) is 1.39. The van der Waals surface area contributed by atoms with Crippen LogP contribution < -0.4 is 0 Å². The first-order valence-corrected chi connectivity index (χ1v) is 12.2. The van der Waals surface area contributed by atoms with Gasteiger partial charge < -0.3 is 19.8 Å². The summed E-state index contributed by atoms with van der Waals surface area (Å²) in [7, 11) is 0. The van der Waals surface area contributed by atoms with E-state index in [1.54, 1.807) is 0 Å². The number of likely N-dealkylation sites (tertiary alicyclic amines) is 1. The molecule has 1 heterocycles. The summed E-state index contributed by atoms with van der Waals surface area (Å²) in [6, 6.07) is 0. The number of amides is 1. The second-order valence-corrected chi connectivity index (χ2v) is 9.48. The fourth-order valence-corrected chi connectivity index (χ4v) is 5.45. The van der Waals surface area contributed by atoms with Gasteiger partial charge in [-0.1, -0.05) is 50.0 Å². The highest BCUT2D eigenvalue weighted by Gasteiger charge is 2.44. The number of aliphatic hydroxyl groups excluding tert-OH is 2. The molecule has 2 saturated carbocycles. The van der Waals surface area contributed by atoms with Crippen LogP contribution in [0.2, 0.25) is 0 Å². The third-order valence-corrected chi connectivity index (χ3v) is 7.19. The van der Waals surface area contributed by atoms with Gasteiger partial charge in [0.2, 0.25) is 5.91 Å². The molecule has 30 heavy (non-hydrogen) atoms. The van der Waals surface area contributed by atoms with E-state index < -0.39 is 6.10 Å². The van der Waals surface area contributed by atoms with Crippen molar-refractivity contribution in [3.63, 3.8) is 0 Å². The van der Waals surface area contributed by atoms with Crippen LogP contribution in [0, 0.1) is 17.8 Å². The van der Waals surface area contributed by atoms with Crippen LogP contribution in [0.1, 0.15) is 71.1 Å². The SMILES string of the molecule is CCCCC[C@H](O)C=C[C@@H]1[C@H]2CC(=CCOCC(=O)N3CCCCC3)C[C@H]2C[C@H]1O. The second kappa shape index (κ2) is 12.0. The van der Waals surface area contributed by atoms with Crippen LogP contribution >= 0.6 is 0 Å². The van der Waals surface area contributed by atoms with Crippen molar-refractivity contribution in [2.45, 2.75) is 83.3 Å². The van der Waals surface area contributed by atoms with Crippen LogP contribution in [0.5, 0.6) is 0 Å². The van der Waals surface area contributed by atoms with Crippen molar-refractivity contribution in [2.75, 3.05) is 26.3 Å². The molecular formula is C25H41NO4. The van der Waals surface area contributed by atoms with Gasteiger partial charge in [-0.2, -0.15) is 0 Å². The normalized spacial score (nSPS) is 31.6. The van der Waals surface area contributed by atoms with E-state index in [4.69, 9.17) is 4.74 Å². The average Bonchev–Trinajstić information content (AvgIpc) is 3.26. The molecule has 0 spiro atoms. The molecule has 3 aliphatic rings. The summed E-state index contributed by atoms with van der Waals surface area (Å²) in [6.07, 6.45) is 15.9. The maximum absolute atomic E-state index is 12.2. The van der Waals surface area contributed by atoms with E-state index in [2.05, 4.69) is 19.1 Å². The van der Waals surface area contributed by atoms with E-state index >= 15 is 0 Å². The minimum absolute atomic E-state index is 0.113. The van der Waals surface area contributed by atoms with Gasteiger partial charge >= 0.3 is 0 Å². The smallest absolute Gasteiger partial charge is 0.248 e. The zero-order valence-corrected chi connectivity index (χ0v) is 18.7. The Morgan fingerprint density at radius 3 is 2.80 bits per heavy atom.